The highest BCUT2D eigenvalue weighted by molar-refractivity contribution is 5.95. The fourth-order valence-corrected chi connectivity index (χ4v) is 2.76. The second kappa shape index (κ2) is 8.80. The Labute approximate surface area is 143 Å². The van der Waals surface area contributed by atoms with Crippen LogP contribution in [0.25, 0.3) is 0 Å². The lowest BCUT2D eigenvalue weighted by molar-refractivity contribution is -0.117. The monoisotopic (exact) mass is 333 g/mol. The van der Waals surface area contributed by atoms with Crippen LogP contribution in [-0.2, 0) is 9.53 Å². The fraction of sp³-hybridized carbons (Fsp3) is 0.556. The molecule has 1 aliphatic rings. The van der Waals surface area contributed by atoms with E-state index in [1.165, 1.54) is 11.3 Å². The summed E-state index contributed by atoms with van der Waals surface area (Å²) in [5.74, 6) is -0.125. The van der Waals surface area contributed by atoms with Crippen LogP contribution < -0.4 is 5.32 Å². The number of likely N-dealkylation sites (N-methyl/N-ethyl adjacent to an activating group) is 1. The Morgan fingerprint density at radius 2 is 1.88 bits per heavy atom. The minimum absolute atomic E-state index is 0.0555. The molecule has 2 rings (SSSR count). The van der Waals surface area contributed by atoms with E-state index >= 15 is 0 Å². The Balaban J connectivity index is 1.80. The molecule has 1 atom stereocenters. The number of hydrogen-bond acceptors (Lipinski definition) is 4. The second-order valence-corrected chi connectivity index (χ2v) is 6.51. The van der Waals surface area contributed by atoms with Gasteiger partial charge in [-0.05, 0) is 50.6 Å². The first-order valence-electron chi connectivity index (χ1n) is 8.37. The van der Waals surface area contributed by atoms with Gasteiger partial charge in [0.1, 0.15) is 0 Å². The summed E-state index contributed by atoms with van der Waals surface area (Å²) in [7, 11) is 5.35. The summed E-state index contributed by atoms with van der Waals surface area (Å²) in [5, 5.41) is 2.86. The summed E-state index contributed by atoms with van der Waals surface area (Å²) in [6.07, 6.45) is 3.62. The maximum Gasteiger partial charge on any atom is 0.253 e. The van der Waals surface area contributed by atoms with Gasteiger partial charge >= 0.3 is 0 Å². The molecule has 6 nitrogen and oxygen atoms in total. The Morgan fingerprint density at radius 1 is 1.17 bits per heavy atom. The minimum Gasteiger partial charge on any atom is -0.377 e. The molecule has 0 saturated carbocycles. The normalized spacial score (nSPS) is 17.6. The Bertz CT molecular complexity index is 551. The van der Waals surface area contributed by atoms with Gasteiger partial charge in [-0.1, -0.05) is 0 Å². The van der Waals surface area contributed by atoms with Crippen LogP contribution in [0.5, 0.6) is 0 Å². The molecular weight excluding hydrogens is 306 g/mol. The third kappa shape index (κ3) is 5.62. The highest BCUT2D eigenvalue weighted by Crippen LogP contribution is 2.14. The van der Waals surface area contributed by atoms with Crippen molar-refractivity contribution < 1.29 is 14.3 Å². The van der Waals surface area contributed by atoms with Crippen LogP contribution in [0.2, 0.25) is 0 Å². The molecule has 0 bridgehead atoms. The number of nitrogens with zero attached hydrogens (tertiary/aromatic N) is 2. The van der Waals surface area contributed by atoms with Crippen molar-refractivity contribution in [3.63, 3.8) is 0 Å². The van der Waals surface area contributed by atoms with Crippen molar-refractivity contribution in [1.29, 1.82) is 0 Å². The standard InChI is InChI=1S/C18H27N3O3/c1-20(2)18(23)14-7-9-15(10-8-14)19-17(22)13-21(3)12-16-6-4-5-11-24-16/h7-10,16H,4-6,11-13H2,1-3H3,(H,19,22). The van der Waals surface area contributed by atoms with Crippen LogP contribution in [0.15, 0.2) is 24.3 Å². The van der Waals surface area contributed by atoms with Gasteiger partial charge < -0.3 is 15.0 Å². The zero-order valence-corrected chi connectivity index (χ0v) is 14.7. The molecule has 1 fully saturated rings. The van der Waals surface area contributed by atoms with E-state index in [-0.39, 0.29) is 17.9 Å². The Kier molecular flexibility index (Phi) is 6.75. The molecule has 2 amide bonds. The van der Waals surface area contributed by atoms with Crippen molar-refractivity contribution in [1.82, 2.24) is 9.80 Å². The molecule has 0 spiro atoms. The lowest BCUT2D eigenvalue weighted by atomic mass is 10.1. The summed E-state index contributed by atoms with van der Waals surface area (Å²) >= 11 is 0. The predicted molar refractivity (Wildman–Crippen MR) is 94.2 cm³/mol. The van der Waals surface area contributed by atoms with E-state index < -0.39 is 0 Å². The van der Waals surface area contributed by atoms with Gasteiger partial charge in [0.25, 0.3) is 5.91 Å². The first-order valence-corrected chi connectivity index (χ1v) is 8.37. The molecule has 1 heterocycles. The third-order valence-electron chi connectivity index (χ3n) is 4.02. The molecule has 1 aromatic rings. The molecular formula is C18H27N3O3. The van der Waals surface area contributed by atoms with E-state index in [2.05, 4.69) is 5.32 Å². The lowest BCUT2D eigenvalue weighted by Gasteiger charge is -2.27. The van der Waals surface area contributed by atoms with Gasteiger partial charge in [0.2, 0.25) is 5.91 Å². The highest BCUT2D eigenvalue weighted by Gasteiger charge is 2.17. The summed E-state index contributed by atoms with van der Waals surface area (Å²) in [6, 6.07) is 6.94. The number of carbonyl (C=O) groups excluding carboxylic acids is 2. The number of ether oxygens (including phenoxy) is 1. The molecule has 0 aliphatic carbocycles. The molecule has 1 N–H and O–H groups in total. The molecule has 6 heteroatoms. The fourth-order valence-electron chi connectivity index (χ4n) is 2.76. The smallest absolute Gasteiger partial charge is 0.253 e. The van der Waals surface area contributed by atoms with E-state index in [1.807, 2.05) is 11.9 Å². The van der Waals surface area contributed by atoms with E-state index in [0.717, 1.165) is 26.0 Å². The number of anilines is 1. The first kappa shape index (κ1) is 18.4. The Hall–Kier alpha value is -1.92. The summed E-state index contributed by atoms with van der Waals surface area (Å²) in [6.45, 7) is 1.91. The van der Waals surface area contributed by atoms with Crippen molar-refractivity contribution in [3.8, 4) is 0 Å². The maximum atomic E-state index is 12.1. The summed E-state index contributed by atoms with van der Waals surface area (Å²) in [5.41, 5.74) is 1.29. The maximum absolute atomic E-state index is 12.1. The van der Waals surface area contributed by atoms with Crippen LogP contribution in [0.4, 0.5) is 5.69 Å². The van der Waals surface area contributed by atoms with Crippen LogP contribution in [-0.4, -0.2) is 68.6 Å². The lowest BCUT2D eigenvalue weighted by Crippen LogP contribution is -2.37. The number of hydrogen-bond donors (Lipinski definition) is 1. The molecule has 1 aromatic carbocycles. The largest absolute Gasteiger partial charge is 0.377 e. The van der Waals surface area contributed by atoms with Gasteiger partial charge in [0, 0.05) is 38.5 Å². The molecule has 0 aromatic heterocycles. The highest BCUT2D eigenvalue weighted by atomic mass is 16.5. The summed E-state index contributed by atoms with van der Waals surface area (Å²) in [4.78, 5) is 27.5. The topological polar surface area (TPSA) is 61.9 Å². The predicted octanol–water partition coefficient (Wildman–Crippen LogP) is 1.83. The van der Waals surface area contributed by atoms with E-state index in [9.17, 15) is 9.59 Å². The van der Waals surface area contributed by atoms with Crippen molar-refractivity contribution in [3.05, 3.63) is 29.8 Å². The first-order chi connectivity index (χ1) is 11.5. The number of rotatable bonds is 6. The third-order valence-corrected chi connectivity index (χ3v) is 4.02. The number of benzene rings is 1. The van der Waals surface area contributed by atoms with Gasteiger partial charge in [-0.25, -0.2) is 0 Å². The van der Waals surface area contributed by atoms with E-state index in [0.29, 0.717) is 17.8 Å². The molecule has 1 saturated heterocycles. The van der Waals surface area contributed by atoms with Crippen LogP contribution in [0, 0.1) is 0 Å². The summed E-state index contributed by atoms with van der Waals surface area (Å²) < 4.78 is 5.69. The van der Waals surface area contributed by atoms with Crippen LogP contribution in [0.1, 0.15) is 29.6 Å². The van der Waals surface area contributed by atoms with Crippen molar-refractivity contribution in [2.45, 2.75) is 25.4 Å². The molecule has 1 unspecified atom stereocenters. The van der Waals surface area contributed by atoms with Gasteiger partial charge in [0.15, 0.2) is 0 Å². The molecule has 1 aliphatic heterocycles. The number of nitrogens with one attached hydrogen (secondary N) is 1. The number of amides is 2. The average Bonchev–Trinajstić information content (AvgIpc) is 2.55. The van der Waals surface area contributed by atoms with Gasteiger partial charge in [0.05, 0.1) is 12.6 Å². The van der Waals surface area contributed by atoms with Gasteiger partial charge in [-0.15, -0.1) is 0 Å². The van der Waals surface area contributed by atoms with Gasteiger partial charge in [-0.3, -0.25) is 14.5 Å². The van der Waals surface area contributed by atoms with E-state index in [4.69, 9.17) is 4.74 Å². The van der Waals surface area contributed by atoms with Crippen LogP contribution in [0.3, 0.4) is 0 Å². The zero-order valence-electron chi connectivity index (χ0n) is 14.7. The quantitative estimate of drug-likeness (QED) is 0.863. The SMILES string of the molecule is CN(CC(=O)Nc1ccc(C(=O)N(C)C)cc1)CC1CCCCO1. The second-order valence-electron chi connectivity index (χ2n) is 6.51. The van der Waals surface area contributed by atoms with E-state index in [1.54, 1.807) is 38.4 Å². The van der Waals surface area contributed by atoms with Crippen molar-refractivity contribution in [2.24, 2.45) is 0 Å². The zero-order chi connectivity index (χ0) is 17.5. The van der Waals surface area contributed by atoms with Crippen molar-refractivity contribution >= 4 is 17.5 Å². The average molecular weight is 333 g/mol. The molecule has 132 valence electrons. The Morgan fingerprint density at radius 3 is 2.46 bits per heavy atom. The van der Waals surface area contributed by atoms with Gasteiger partial charge in [-0.2, -0.15) is 0 Å². The minimum atomic E-state index is -0.0694. The van der Waals surface area contributed by atoms with Crippen molar-refractivity contribution in [2.75, 3.05) is 46.2 Å². The molecule has 0 radical (unpaired) electrons. The van der Waals surface area contributed by atoms with Crippen LogP contribution >= 0.6 is 0 Å². The number of carbonyl (C=O) groups is 2. The molecule has 24 heavy (non-hydrogen) atoms.